The van der Waals surface area contributed by atoms with E-state index in [1.807, 2.05) is 6.07 Å². The van der Waals surface area contributed by atoms with Crippen LogP contribution in [0, 0.1) is 0 Å². The van der Waals surface area contributed by atoms with Gasteiger partial charge in [-0.05, 0) is 30.9 Å². The first kappa shape index (κ1) is 14.3. The smallest absolute Gasteiger partial charge is 0.219 e. The minimum atomic E-state index is 0.551. The second-order valence-corrected chi connectivity index (χ2v) is 5.69. The lowest BCUT2D eigenvalue weighted by Gasteiger charge is -2.10. The van der Waals surface area contributed by atoms with Gasteiger partial charge in [0.25, 0.3) is 0 Å². The van der Waals surface area contributed by atoms with Gasteiger partial charge in [0.1, 0.15) is 5.75 Å². The molecule has 0 saturated heterocycles. The zero-order chi connectivity index (χ0) is 14.7. The lowest BCUT2D eigenvalue weighted by atomic mass is 10.2. The van der Waals surface area contributed by atoms with Crippen LogP contribution in [0.1, 0.15) is 31.0 Å². The van der Waals surface area contributed by atoms with Gasteiger partial charge >= 0.3 is 0 Å². The zero-order valence-corrected chi connectivity index (χ0v) is 12.7. The average molecular weight is 304 g/mol. The van der Waals surface area contributed by atoms with Crippen molar-refractivity contribution in [2.45, 2.75) is 38.8 Å². The first-order valence-electron chi connectivity index (χ1n) is 7.24. The summed E-state index contributed by atoms with van der Waals surface area (Å²) in [6, 6.07) is 6.51. The number of ether oxygens (including phenoxy) is 1. The Kier molecular flexibility index (Phi) is 4.36. The zero-order valence-electron chi connectivity index (χ0n) is 12.0. The standard InChI is InChI=1S/C16H18ClN3O/c1-2-13-5-11(8-19-14-3-4-14)6-16(20-13)21-15-7-12(17)9-18-10-15/h5-7,9-10,14,19H,2-4,8H2,1H3. The SMILES string of the molecule is CCc1cc(CNC2CC2)cc(Oc2cncc(Cl)c2)n1. The van der Waals surface area contributed by atoms with E-state index < -0.39 is 0 Å². The molecule has 4 nitrogen and oxygen atoms in total. The third kappa shape index (κ3) is 4.16. The number of aryl methyl sites for hydroxylation is 1. The van der Waals surface area contributed by atoms with Gasteiger partial charge in [0.15, 0.2) is 0 Å². The number of nitrogens with zero attached hydrogens (tertiary/aromatic N) is 2. The predicted octanol–water partition coefficient (Wildman–Crippen LogP) is 3.74. The molecule has 3 rings (SSSR count). The Labute approximate surface area is 129 Å². The van der Waals surface area contributed by atoms with Crippen molar-refractivity contribution in [2.75, 3.05) is 0 Å². The molecule has 0 unspecified atom stereocenters. The molecule has 0 bridgehead atoms. The minimum absolute atomic E-state index is 0.551. The van der Waals surface area contributed by atoms with Crippen molar-refractivity contribution in [1.82, 2.24) is 15.3 Å². The summed E-state index contributed by atoms with van der Waals surface area (Å²) >= 11 is 5.92. The molecule has 1 aliphatic carbocycles. The van der Waals surface area contributed by atoms with E-state index in [9.17, 15) is 0 Å². The van der Waals surface area contributed by atoms with E-state index in [4.69, 9.17) is 16.3 Å². The molecule has 110 valence electrons. The molecule has 0 spiro atoms. The maximum absolute atomic E-state index is 5.92. The molecule has 2 heterocycles. The van der Waals surface area contributed by atoms with Gasteiger partial charge in [-0.2, -0.15) is 0 Å². The highest BCUT2D eigenvalue weighted by molar-refractivity contribution is 6.30. The highest BCUT2D eigenvalue weighted by Crippen LogP contribution is 2.24. The summed E-state index contributed by atoms with van der Waals surface area (Å²) in [6.45, 7) is 2.94. The Balaban J connectivity index is 1.77. The number of halogens is 1. The van der Waals surface area contributed by atoms with Gasteiger partial charge in [-0.1, -0.05) is 18.5 Å². The van der Waals surface area contributed by atoms with Crippen LogP contribution in [0.4, 0.5) is 0 Å². The van der Waals surface area contributed by atoms with E-state index in [-0.39, 0.29) is 0 Å². The van der Waals surface area contributed by atoms with Crippen molar-refractivity contribution in [3.05, 3.63) is 46.9 Å². The first-order valence-corrected chi connectivity index (χ1v) is 7.62. The molecule has 2 aromatic heterocycles. The summed E-state index contributed by atoms with van der Waals surface area (Å²) in [7, 11) is 0. The second-order valence-electron chi connectivity index (χ2n) is 5.25. The van der Waals surface area contributed by atoms with Crippen molar-refractivity contribution in [3.63, 3.8) is 0 Å². The topological polar surface area (TPSA) is 47.0 Å². The van der Waals surface area contributed by atoms with E-state index in [0.29, 0.717) is 22.7 Å². The molecule has 1 N–H and O–H groups in total. The maximum atomic E-state index is 5.92. The number of hydrogen-bond acceptors (Lipinski definition) is 4. The average Bonchev–Trinajstić information content (AvgIpc) is 3.29. The summed E-state index contributed by atoms with van der Waals surface area (Å²) in [6.07, 6.45) is 6.65. The fourth-order valence-corrected chi connectivity index (χ4v) is 2.24. The molecule has 0 atom stereocenters. The van der Waals surface area contributed by atoms with Crippen LogP contribution in [0.15, 0.2) is 30.6 Å². The third-order valence-corrected chi connectivity index (χ3v) is 3.56. The monoisotopic (exact) mass is 303 g/mol. The molecule has 21 heavy (non-hydrogen) atoms. The number of nitrogens with one attached hydrogen (secondary N) is 1. The van der Waals surface area contributed by atoms with E-state index in [2.05, 4.69) is 28.3 Å². The van der Waals surface area contributed by atoms with Crippen molar-refractivity contribution in [2.24, 2.45) is 0 Å². The Morgan fingerprint density at radius 3 is 2.86 bits per heavy atom. The predicted molar refractivity (Wildman–Crippen MR) is 82.8 cm³/mol. The van der Waals surface area contributed by atoms with E-state index in [0.717, 1.165) is 18.7 Å². The fraction of sp³-hybridized carbons (Fsp3) is 0.375. The van der Waals surface area contributed by atoms with Gasteiger partial charge in [-0.15, -0.1) is 0 Å². The van der Waals surface area contributed by atoms with E-state index in [1.54, 1.807) is 18.5 Å². The van der Waals surface area contributed by atoms with Crippen LogP contribution in [0.25, 0.3) is 0 Å². The lowest BCUT2D eigenvalue weighted by molar-refractivity contribution is 0.457. The van der Waals surface area contributed by atoms with Gasteiger partial charge in [0.2, 0.25) is 5.88 Å². The van der Waals surface area contributed by atoms with Crippen LogP contribution >= 0.6 is 11.6 Å². The van der Waals surface area contributed by atoms with Crippen molar-refractivity contribution in [1.29, 1.82) is 0 Å². The minimum Gasteiger partial charge on any atom is -0.437 e. The van der Waals surface area contributed by atoms with E-state index in [1.165, 1.54) is 18.4 Å². The van der Waals surface area contributed by atoms with Crippen LogP contribution in [0.5, 0.6) is 11.6 Å². The van der Waals surface area contributed by atoms with E-state index >= 15 is 0 Å². The van der Waals surface area contributed by atoms with Crippen molar-refractivity contribution >= 4 is 11.6 Å². The molecule has 1 saturated carbocycles. The Morgan fingerprint density at radius 2 is 2.14 bits per heavy atom. The number of pyridine rings is 2. The summed E-state index contributed by atoms with van der Waals surface area (Å²) in [5, 5.41) is 4.06. The summed E-state index contributed by atoms with van der Waals surface area (Å²) in [4.78, 5) is 8.51. The first-order chi connectivity index (χ1) is 10.2. The van der Waals surface area contributed by atoms with Gasteiger partial charge in [0, 0.05) is 36.6 Å². The van der Waals surface area contributed by atoms with Crippen molar-refractivity contribution < 1.29 is 4.74 Å². The molecule has 1 fully saturated rings. The number of rotatable bonds is 6. The lowest BCUT2D eigenvalue weighted by Crippen LogP contribution is -2.15. The molecule has 0 aromatic carbocycles. The van der Waals surface area contributed by atoms with Crippen LogP contribution in [-0.4, -0.2) is 16.0 Å². The molecular formula is C16H18ClN3O. The Hall–Kier alpha value is -1.65. The molecule has 1 aliphatic rings. The van der Waals surface area contributed by atoms with Gasteiger partial charge < -0.3 is 10.1 Å². The second kappa shape index (κ2) is 6.41. The number of hydrogen-bond donors (Lipinski definition) is 1. The Bertz CT molecular complexity index is 629. The highest BCUT2D eigenvalue weighted by Gasteiger charge is 2.20. The molecule has 2 aromatic rings. The number of aromatic nitrogens is 2. The molecular weight excluding hydrogens is 286 g/mol. The molecule has 0 radical (unpaired) electrons. The van der Waals surface area contributed by atoms with Crippen LogP contribution in [-0.2, 0) is 13.0 Å². The highest BCUT2D eigenvalue weighted by atomic mass is 35.5. The third-order valence-electron chi connectivity index (χ3n) is 3.35. The molecule has 0 amide bonds. The van der Waals surface area contributed by atoms with Crippen LogP contribution in [0.2, 0.25) is 5.02 Å². The fourth-order valence-electron chi connectivity index (χ4n) is 2.07. The molecule has 0 aliphatic heterocycles. The maximum Gasteiger partial charge on any atom is 0.219 e. The normalized spacial score (nSPS) is 14.2. The van der Waals surface area contributed by atoms with Gasteiger partial charge in [0.05, 0.1) is 11.2 Å². The largest absolute Gasteiger partial charge is 0.437 e. The van der Waals surface area contributed by atoms with Gasteiger partial charge in [-0.3, -0.25) is 4.98 Å². The van der Waals surface area contributed by atoms with Crippen molar-refractivity contribution in [3.8, 4) is 11.6 Å². The quantitative estimate of drug-likeness (QED) is 0.883. The molecule has 5 heteroatoms. The van der Waals surface area contributed by atoms with Crippen LogP contribution in [0.3, 0.4) is 0 Å². The Morgan fingerprint density at radius 1 is 1.29 bits per heavy atom. The van der Waals surface area contributed by atoms with Gasteiger partial charge in [-0.25, -0.2) is 4.98 Å². The summed E-state index contributed by atoms with van der Waals surface area (Å²) in [5.41, 5.74) is 2.22. The van der Waals surface area contributed by atoms with Crippen LogP contribution < -0.4 is 10.1 Å². The summed E-state index contributed by atoms with van der Waals surface area (Å²) < 4.78 is 5.78. The summed E-state index contributed by atoms with van der Waals surface area (Å²) in [5.74, 6) is 1.19.